The number of hydrogen-bond donors (Lipinski definition) is 3. The van der Waals surface area contributed by atoms with Crippen LogP contribution in [0, 0.1) is 5.41 Å². The maximum Gasteiger partial charge on any atom is 0.316 e. The summed E-state index contributed by atoms with van der Waals surface area (Å²) in [7, 11) is 0. The first-order valence-corrected chi connectivity index (χ1v) is 24.3. The summed E-state index contributed by atoms with van der Waals surface area (Å²) in [4.78, 5) is 84.6. The Balaban J connectivity index is 5.89. The highest BCUT2D eigenvalue weighted by Crippen LogP contribution is 2.27. The molecule has 0 amide bonds. The maximum absolute atomic E-state index is 12.8. The van der Waals surface area contributed by atoms with Gasteiger partial charge >= 0.3 is 41.8 Å². The molecule has 0 heterocycles. The molecular weight excluding hydrogens is 949 g/mol. The van der Waals surface area contributed by atoms with Crippen molar-refractivity contribution in [1.29, 1.82) is 0 Å². The van der Waals surface area contributed by atoms with Gasteiger partial charge in [-0.25, -0.2) is 0 Å². The van der Waals surface area contributed by atoms with Crippen LogP contribution in [0.5, 0.6) is 0 Å². The van der Waals surface area contributed by atoms with Gasteiger partial charge in [-0.05, 0) is 27.7 Å². The van der Waals surface area contributed by atoms with Gasteiger partial charge in [0.1, 0.15) is 58.2 Å². The van der Waals surface area contributed by atoms with E-state index < -0.39 is 89.4 Å². The van der Waals surface area contributed by atoms with Crippen molar-refractivity contribution < 1.29 is 67.8 Å². The third kappa shape index (κ3) is 28.5. The Morgan fingerprint density at radius 2 is 0.714 bits per heavy atom. The molecule has 3 N–H and O–H groups in total. The predicted octanol–water partition coefficient (Wildman–Crippen LogP) is 6.46. The lowest BCUT2D eigenvalue weighted by molar-refractivity contribution is -0.170. The van der Waals surface area contributed by atoms with E-state index in [0.29, 0.717) is 20.5 Å². The van der Waals surface area contributed by atoms with Crippen LogP contribution in [0.4, 0.5) is 0 Å². The van der Waals surface area contributed by atoms with Crippen LogP contribution < -0.4 is 0 Å². The molecule has 0 aliphatic carbocycles. The van der Waals surface area contributed by atoms with Crippen LogP contribution in [0.15, 0.2) is 0 Å². The van der Waals surface area contributed by atoms with Crippen LogP contribution in [-0.4, -0.2) is 137 Å². The van der Waals surface area contributed by atoms with Crippen LogP contribution in [0.3, 0.4) is 0 Å². The molecule has 3 unspecified atom stereocenters. The molecule has 0 rings (SSSR count). The van der Waals surface area contributed by atoms with E-state index in [0.717, 1.165) is 70.6 Å². The van der Waals surface area contributed by atoms with Gasteiger partial charge in [-0.15, -0.1) is 47.0 Å². The van der Waals surface area contributed by atoms with Gasteiger partial charge in [-0.3, -0.25) is 33.6 Å². The fourth-order valence-electron chi connectivity index (χ4n) is 3.09. The third-order valence-corrected chi connectivity index (χ3v) is 15.4. The van der Waals surface area contributed by atoms with Crippen molar-refractivity contribution in [1.82, 2.24) is 0 Å². The van der Waals surface area contributed by atoms with E-state index in [1.54, 1.807) is 6.92 Å². The van der Waals surface area contributed by atoms with Gasteiger partial charge in [0.2, 0.25) is 0 Å². The number of aliphatic carboxylic acids is 3. The van der Waals surface area contributed by atoms with Crippen molar-refractivity contribution in [2.24, 2.45) is 5.41 Å². The van der Waals surface area contributed by atoms with E-state index >= 15 is 0 Å². The number of thiocarbonyl (C=S) groups is 4. The first-order valence-electron chi connectivity index (χ1n) is 16.1. The second-order valence-corrected chi connectivity index (χ2v) is 24.2. The lowest BCUT2D eigenvalue weighted by Gasteiger charge is -2.31. The second kappa shape index (κ2) is 31.0. The quantitative estimate of drug-likeness (QED) is 0.0481. The van der Waals surface area contributed by atoms with Crippen molar-refractivity contribution in [3.05, 3.63) is 0 Å². The number of hydrogen-bond acceptors (Lipinski definition) is 22. The molecule has 0 aliphatic heterocycles. The summed E-state index contributed by atoms with van der Waals surface area (Å²) in [6, 6.07) is 0. The summed E-state index contributed by atoms with van der Waals surface area (Å²) in [6.45, 7) is 4.09. The number of carbonyl (C=O) groups is 7. The van der Waals surface area contributed by atoms with Crippen molar-refractivity contribution in [2.75, 3.05) is 49.4 Å². The minimum atomic E-state index is -1.57. The molecule has 3 atom stereocenters. The number of thioether (sulfide) groups is 7. The molecule has 56 heavy (non-hydrogen) atoms. The van der Waals surface area contributed by atoms with Gasteiger partial charge in [-0.2, -0.15) is 0 Å². The number of carbonyl (C=O) groups excluding carboxylic acids is 4. The number of rotatable bonds is 26. The normalized spacial score (nSPS) is 13.5. The Labute approximate surface area is 376 Å². The first-order chi connectivity index (χ1) is 26.2. The number of esters is 4. The molecule has 0 aromatic heterocycles. The molecule has 0 spiro atoms. The summed E-state index contributed by atoms with van der Waals surface area (Å²) in [5, 5.41) is 24.9. The van der Waals surface area contributed by atoms with Crippen LogP contribution in [0.1, 0.15) is 53.4 Å². The molecule has 0 aromatic carbocycles. The summed E-state index contributed by atoms with van der Waals surface area (Å²) >= 11 is 28.0. The van der Waals surface area contributed by atoms with Crippen molar-refractivity contribution >= 4 is 188 Å². The maximum atomic E-state index is 12.8. The van der Waals surface area contributed by atoms with Crippen molar-refractivity contribution in [3.63, 3.8) is 0 Å². The SMILES string of the molecule is CC(=S)SCCC(=O)OCC(COC(=O)CCSC(=S)SC(C)C(=O)O)(COC(=O)CCSC(=S)SC(C)C(=O)O)COC(=O)CCSC(=S)SC(C)C(=O)O. The monoisotopic (exact) mass is 990 g/mol. The fourth-order valence-corrected chi connectivity index (χ4v) is 11.3. The third-order valence-electron chi connectivity index (χ3n) is 6.21. The highest BCUT2D eigenvalue weighted by atomic mass is 32.2. The molecule has 0 bridgehead atoms. The minimum absolute atomic E-state index is 0.0327. The molecule has 25 heteroatoms. The lowest BCUT2D eigenvalue weighted by atomic mass is 9.92. The Morgan fingerprint density at radius 3 is 0.929 bits per heavy atom. The predicted molar refractivity (Wildman–Crippen MR) is 245 cm³/mol. The van der Waals surface area contributed by atoms with E-state index in [1.165, 1.54) is 32.5 Å². The molecule has 0 aromatic rings. The minimum Gasteiger partial charge on any atom is -0.480 e. The van der Waals surface area contributed by atoms with E-state index in [1.807, 2.05) is 0 Å². The summed E-state index contributed by atoms with van der Waals surface area (Å²) in [5.74, 6) is -5.10. The number of ether oxygens (including phenoxy) is 4. The second-order valence-electron chi connectivity index (χ2n) is 11.1. The zero-order valence-corrected chi connectivity index (χ0v) is 39.5. The first kappa shape index (κ1) is 55.1. The van der Waals surface area contributed by atoms with Gasteiger partial charge in [0.15, 0.2) is 0 Å². The fraction of sp³-hybridized carbons (Fsp3) is 0.645. The smallest absolute Gasteiger partial charge is 0.316 e. The average molecular weight is 991 g/mol. The Morgan fingerprint density at radius 1 is 0.482 bits per heavy atom. The van der Waals surface area contributed by atoms with Crippen LogP contribution in [-0.2, 0) is 52.5 Å². The van der Waals surface area contributed by atoms with Gasteiger partial charge in [0, 0.05) is 27.2 Å². The average Bonchev–Trinajstić information content (AvgIpc) is 3.10. The van der Waals surface area contributed by atoms with Crippen molar-refractivity contribution in [2.45, 2.75) is 69.1 Å². The Kier molecular flexibility index (Phi) is 30.5. The highest BCUT2D eigenvalue weighted by Gasteiger charge is 2.38. The molecule has 316 valence electrons. The standard InChI is InChI=1S/C31H42O14S11/c1-17(25(36)37)54-28(47)51-10-6-22(33)43-14-31(13-42-21(32)5-9-50-20(4)46,15-44-23(34)7-11-52-29(48)55-18(2)26(38)39)16-45-24(35)8-12-53-30(49)56-19(3)27(40)41/h17-19H,5-16H2,1-4H3,(H,36,37)(H,38,39)(H,40,41). The van der Waals surface area contributed by atoms with Crippen molar-refractivity contribution in [3.8, 4) is 0 Å². The molecule has 0 fully saturated rings. The molecular formula is C31H42O14S11. The van der Waals surface area contributed by atoms with E-state index in [-0.39, 0.29) is 42.9 Å². The van der Waals surface area contributed by atoms with Gasteiger partial charge in [0.25, 0.3) is 0 Å². The summed E-state index contributed by atoms with van der Waals surface area (Å²) < 4.78 is 23.6. The van der Waals surface area contributed by atoms with Gasteiger partial charge in [-0.1, -0.05) is 84.2 Å². The van der Waals surface area contributed by atoms with Gasteiger partial charge in [0.05, 0.1) is 25.7 Å². The number of carboxylic acids is 3. The lowest BCUT2D eigenvalue weighted by Crippen LogP contribution is -2.44. The topological polar surface area (TPSA) is 217 Å². The zero-order chi connectivity index (χ0) is 42.8. The Hall–Kier alpha value is -0.900. The highest BCUT2D eigenvalue weighted by molar-refractivity contribution is 8.48. The summed E-state index contributed by atoms with van der Waals surface area (Å²) in [6.07, 6.45) is -0.486. The van der Waals surface area contributed by atoms with Crippen LogP contribution >= 0.6 is 131 Å². The number of carboxylic acid groups (broad SMARTS) is 3. The molecule has 14 nitrogen and oxygen atoms in total. The van der Waals surface area contributed by atoms with E-state index in [4.69, 9.17) is 83.1 Å². The van der Waals surface area contributed by atoms with E-state index in [9.17, 15) is 33.6 Å². The molecule has 0 saturated heterocycles. The summed E-state index contributed by atoms with van der Waals surface area (Å²) in [5.41, 5.74) is -1.57. The van der Waals surface area contributed by atoms with Gasteiger partial charge < -0.3 is 34.3 Å². The van der Waals surface area contributed by atoms with E-state index in [2.05, 4.69) is 0 Å². The molecule has 0 aliphatic rings. The molecule has 0 saturated carbocycles. The Bertz CT molecular complexity index is 1290. The van der Waals surface area contributed by atoms with Crippen LogP contribution in [0.25, 0.3) is 0 Å². The largest absolute Gasteiger partial charge is 0.480 e. The zero-order valence-electron chi connectivity index (χ0n) is 30.5. The molecule has 0 radical (unpaired) electrons. The van der Waals surface area contributed by atoms with Crippen LogP contribution in [0.2, 0.25) is 0 Å².